The van der Waals surface area contributed by atoms with Crippen LogP contribution in [0, 0.1) is 13.8 Å². The van der Waals surface area contributed by atoms with Crippen LogP contribution in [0.3, 0.4) is 0 Å². The lowest BCUT2D eigenvalue weighted by molar-refractivity contribution is 0.0992. The van der Waals surface area contributed by atoms with Crippen molar-refractivity contribution in [1.82, 2.24) is 0 Å². The van der Waals surface area contributed by atoms with Gasteiger partial charge in [0.05, 0.1) is 0 Å². The molecule has 0 aliphatic carbocycles. The predicted molar refractivity (Wildman–Crippen MR) is 83.1 cm³/mol. The molecule has 3 heteroatoms. The first-order chi connectivity index (χ1) is 8.97. The van der Waals surface area contributed by atoms with Gasteiger partial charge in [0.15, 0.2) is 5.78 Å². The average Bonchev–Trinajstić information content (AvgIpc) is 2.35. The Bertz CT molecular complexity index is 635. The highest BCUT2D eigenvalue weighted by atomic mass is 79.9. The van der Waals surface area contributed by atoms with Crippen LogP contribution in [0.1, 0.15) is 27.0 Å². The predicted octanol–water partition coefficient (Wildman–Crippen LogP) is 5.14. The van der Waals surface area contributed by atoms with Crippen molar-refractivity contribution in [3.8, 4) is 0 Å². The van der Waals surface area contributed by atoms with Gasteiger partial charge in [-0.25, -0.2) is 0 Å². The molecule has 19 heavy (non-hydrogen) atoms. The van der Waals surface area contributed by atoms with E-state index in [0.29, 0.717) is 11.4 Å². The fourth-order valence-electron chi connectivity index (χ4n) is 1.97. The van der Waals surface area contributed by atoms with Gasteiger partial charge < -0.3 is 0 Å². The van der Waals surface area contributed by atoms with Crippen LogP contribution in [0.5, 0.6) is 0 Å². The van der Waals surface area contributed by atoms with Crippen molar-refractivity contribution in [2.24, 2.45) is 0 Å². The second kappa shape index (κ2) is 5.89. The molecule has 2 aromatic rings. The number of ketones is 1. The minimum Gasteiger partial charge on any atom is -0.294 e. The highest BCUT2D eigenvalue weighted by molar-refractivity contribution is 9.10. The third-order valence-corrected chi connectivity index (χ3v) is 3.90. The Morgan fingerprint density at radius 1 is 1.16 bits per heavy atom. The third-order valence-electron chi connectivity index (χ3n) is 3.06. The molecule has 0 atom stereocenters. The summed E-state index contributed by atoms with van der Waals surface area (Å²) in [5, 5.41) is 0.619. The summed E-state index contributed by atoms with van der Waals surface area (Å²) in [5.74, 6) is 0.102. The van der Waals surface area contributed by atoms with E-state index in [4.69, 9.17) is 11.6 Å². The quantitative estimate of drug-likeness (QED) is 0.708. The maximum atomic E-state index is 12.4. The Kier molecular flexibility index (Phi) is 4.43. The molecule has 0 amide bonds. The first-order valence-electron chi connectivity index (χ1n) is 6.02. The lowest BCUT2D eigenvalue weighted by Crippen LogP contribution is -2.06. The summed E-state index contributed by atoms with van der Waals surface area (Å²) in [4.78, 5) is 12.4. The molecule has 0 radical (unpaired) electrons. The molecule has 0 heterocycles. The summed E-state index contributed by atoms with van der Waals surface area (Å²) in [6, 6.07) is 11.5. The molecule has 0 saturated heterocycles. The molecule has 0 aliphatic rings. The fourth-order valence-corrected chi connectivity index (χ4v) is 2.71. The highest BCUT2D eigenvalue weighted by Crippen LogP contribution is 2.23. The molecule has 0 aromatic heterocycles. The summed E-state index contributed by atoms with van der Waals surface area (Å²) < 4.78 is 0.917. The zero-order valence-corrected chi connectivity index (χ0v) is 13.2. The monoisotopic (exact) mass is 336 g/mol. The van der Waals surface area contributed by atoms with Gasteiger partial charge in [-0.3, -0.25) is 4.79 Å². The van der Waals surface area contributed by atoms with Crippen LogP contribution in [0.25, 0.3) is 0 Å². The maximum absolute atomic E-state index is 12.4. The number of benzene rings is 2. The number of carbonyl (C=O) groups excluding carboxylic acids is 1. The van der Waals surface area contributed by atoms with Crippen LogP contribution in [0.4, 0.5) is 0 Å². The molecule has 1 nitrogen and oxygen atoms in total. The highest BCUT2D eigenvalue weighted by Gasteiger charge is 2.12. The largest absolute Gasteiger partial charge is 0.294 e. The van der Waals surface area contributed by atoms with E-state index in [-0.39, 0.29) is 5.78 Å². The van der Waals surface area contributed by atoms with Crippen molar-refractivity contribution >= 4 is 33.3 Å². The minimum atomic E-state index is 0.102. The second-order valence-corrected chi connectivity index (χ2v) is 5.98. The van der Waals surface area contributed by atoms with Crippen LogP contribution >= 0.6 is 27.5 Å². The lowest BCUT2D eigenvalue weighted by Gasteiger charge is -2.08. The number of aryl methyl sites for hydroxylation is 2. The van der Waals surface area contributed by atoms with E-state index in [2.05, 4.69) is 15.9 Å². The van der Waals surface area contributed by atoms with Crippen molar-refractivity contribution in [2.45, 2.75) is 20.3 Å². The topological polar surface area (TPSA) is 17.1 Å². The van der Waals surface area contributed by atoms with Gasteiger partial charge in [-0.2, -0.15) is 0 Å². The molecular weight excluding hydrogens is 324 g/mol. The first kappa shape index (κ1) is 14.3. The molecule has 0 unspecified atom stereocenters. The standard InChI is InChI=1S/C16H14BrClO/c1-10-3-4-11(2)14(7-10)16(19)8-12-5-6-13(17)9-15(12)18/h3-7,9H,8H2,1-2H3. The van der Waals surface area contributed by atoms with E-state index in [1.807, 2.05) is 50.2 Å². The van der Waals surface area contributed by atoms with Gasteiger partial charge in [-0.1, -0.05) is 51.3 Å². The van der Waals surface area contributed by atoms with E-state index in [0.717, 1.165) is 26.7 Å². The summed E-state index contributed by atoms with van der Waals surface area (Å²) in [6.07, 6.45) is 0.330. The minimum absolute atomic E-state index is 0.102. The van der Waals surface area contributed by atoms with Crippen molar-refractivity contribution in [1.29, 1.82) is 0 Å². The van der Waals surface area contributed by atoms with Crippen molar-refractivity contribution in [3.05, 3.63) is 68.1 Å². The van der Waals surface area contributed by atoms with E-state index in [1.54, 1.807) is 0 Å². The van der Waals surface area contributed by atoms with E-state index < -0.39 is 0 Å². The van der Waals surface area contributed by atoms with Crippen LogP contribution in [-0.4, -0.2) is 5.78 Å². The van der Waals surface area contributed by atoms with Crippen LogP contribution in [0.15, 0.2) is 40.9 Å². The number of Topliss-reactive ketones (excluding diaryl/α,β-unsaturated/α-hetero) is 1. The Morgan fingerprint density at radius 3 is 2.58 bits per heavy atom. The smallest absolute Gasteiger partial charge is 0.167 e. The molecule has 0 N–H and O–H groups in total. The molecule has 2 rings (SSSR count). The Labute approximate surface area is 126 Å². The van der Waals surface area contributed by atoms with E-state index in [1.165, 1.54) is 0 Å². The number of rotatable bonds is 3. The van der Waals surface area contributed by atoms with Gasteiger partial charge in [0.25, 0.3) is 0 Å². The van der Waals surface area contributed by atoms with Crippen molar-refractivity contribution in [2.75, 3.05) is 0 Å². The molecular formula is C16H14BrClO. The van der Waals surface area contributed by atoms with Crippen molar-refractivity contribution < 1.29 is 4.79 Å². The molecule has 0 bridgehead atoms. The SMILES string of the molecule is Cc1ccc(C)c(C(=O)Cc2ccc(Br)cc2Cl)c1. The Balaban J connectivity index is 2.28. The normalized spacial score (nSPS) is 10.5. The molecule has 0 spiro atoms. The number of halogens is 2. The zero-order chi connectivity index (χ0) is 14.0. The van der Waals surface area contributed by atoms with Gasteiger partial charge in [0.2, 0.25) is 0 Å². The molecule has 0 saturated carbocycles. The van der Waals surface area contributed by atoms with Gasteiger partial charge in [0, 0.05) is 21.5 Å². The Hall–Kier alpha value is -1.12. The maximum Gasteiger partial charge on any atom is 0.167 e. The molecule has 0 fully saturated rings. The average molecular weight is 338 g/mol. The molecule has 2 aromatic carbocycles. The summed E-state index contributed by atoms with van der Waals surface area (Å²) in [7, 11) is 0. The number of hydrogen-bond donors (Lipinski definition) is 0. The van der Waals surface area contributed by atoms with E-state index in [9.17, 15) is 4.79 Å². The zero-order valence-electron chi connectivity index (χ0n) is 10.8. The van der Waals surface area contributed by atoms with Crippen LogP contribution < -0.4 is 0 Å². The number of carbonyl (C=O) groups is 1. The second-order valence-electron chi connectivity index (χ2n) is 4.65. The van der Waals surface area contributed by atoms with Gasteiger partial charge in [0.1, 0.15) is 0 Å². The molecule has 0 aliphatic heterocycles. The van der Waals surface area contributed by atoms with Gasteiger partial charge >= 0.3 is 0 Å². The summed E-state index contributed by atoms with van der Waals surface area (Å²) >= 11 is 9.51. The first-order valence-corrected chi connectivity index (χ1v) is 7.19. The Morgan fingerprint density at radius 2 is 1.89 bits per heavy atom. The van der Waals surface area contributed by atoms with Crippen LogP contribution in [0.2, 0.25) is 5.02 Å². The fraction of sp³-hybridized carbons (Fsp3) is 0.188. The summed E-state index contributed by atoms with van der Waals surface area (Å²) in [5.41, 5.74) is 3.73. The summed E-state index contributed by atoms with van der Waals surface area (Å²) in [6.45, 7) is 3.94. The van der Waals surface area contributed by atoms with Gasteiger partial charge in [-0.15, -0.1) is 0 Å². The van der Waals surface area contributed by atoms with Crippen LogP contribution in [-0.2, 0) is 6.42 Å². The third kappa shape index (κ3) is 3.46. The number of hydrogen-bond acceptors (Lipinski definition) is 1. The van der Waals surface area contributed by atoms with Gasteiger partial charge in [-0.05, 0) is 43.2 Å². The van der Waals surface area contributed by atoms with Crippen molar-refractivity contribution in [3.63, 3.8) is 0 Å². The molecule has 98 valence electrons. The van der Waals surface area contributed by atoms with E-state index >= 15 is 0 Å². The lowest BCUT2D eigenvalue weighted by atomic mass is 9.97.